The second-order valence-electron chi connectivity index (χ2n) is 5.54. The zero-order valence-corrected chi connectivity index (χ0v) is 16.6. The van der Waals surface area contributed by atoms with Gasteiger partial charge in [0.05, 0.1) is 11.6 Å². The van der Waals surface area contributed by atoms with Crippen LogP contribution in [0.25, 0.3) is 0 Å². The zero-order chi connectivity index (χ0) is 17.4. The van der Waals surface area contributed by atoms with Crippen LogP contribution in [0.3, 0.4) is 0 Å². The van der Waals surface area contributed by atoms with Gasteiger partial charge in [-0.05, 0) is 29.7 Å². The number of guanidine groups is 1. The molecular weight excluding hydrogens is 430 g/mol. The molecule has 25 heavy (non-hydrogen) atoms. The van der Waals surface area contributed by atoms with Gasteiger partial charge in [0.15, 0.2) is 5.96 Å². The van der Waals surface area contributed by atoms with Gasteiger partial charge in [0, 0.05) is 25.7 Å². The average molecular weight is 452 g/mol. The van der Waals surface area contributed by atoms with E-state index in [1.165, 1.54) is 17.7 Å². The molecule has 132 valence electrons. The number of rotatable bonds is 5. The Morgan fingerprint density at radius 3 is 2.56 bits per heavy atom. The van der Waals surface area contributed by atoms with Crippen molar-refractivity contribution in [1.82, 2.24) is 10.6 Å². The van der Waals surface area contributed by atoms with E-state index in [0.29, 0.717) is 29.5 Å². The Morgan fingerprint density at radius 2 is 1.92 bits per heavy atom. The second kappa shape index (κ2) is 10.7. The first-order valence-electron chi connectivity index (χ1n) is 7.82. The molecule has 1 unspecified atom stereocenters. The molecule has 2 aromatic carbocycles. The molecule has 4 nitrogen and oxygen atoms in total. The Labute approximate surface area is 165 Å². The van der Waals surface area contributed by atoms with Crippen molar-refractivity contribution in [3.05, 3.63) is 71.0 Å². The monoisotopic (exact) mass is 452 g/mol. The smallest absolute Gasteiger partial charge is 0.191 e. The molecule has 2 aromatic rings. The van der Waals surface area contributed by atoms with Crippen LogP contribution in [0, 0.1) is 17.1 Å². The van der Waals surface area contributed by atoms with E-state index >= 15 is 0 Å². The summed E-state index contributed by atoms with van der Waals surface area (Å²) in [6.07, 6.45) is 0. The quantitative estimate of drug-likeness (QED) is 0.413. The number of hydrogen-bond donors (Lipinski definition) is 2. The molecule has 0 heterocycles. The SMILES string of the molecule is CN=C(NCc1cc(C#N)ccc1F)NCC(C)c1ccccc1.I. The molecule has 0 aliphatic carbocycles. The highest BCUT2D eigenvalue weighted by Gasteiger charge is 2.08. The first-order chi connectivity index (χ1) is 11.6. The number of nitriles is 1. The lowest BCUT2D eigenvalue weighted by Gasteiger charge is -2.16. The molecule has 0 radical (unpaired) electrons. The fourth-order valence-electron chi connectivity index (χ4n) is 2.33. The molecule has 2 N–H and O–H groups in total. The van der Waals surface area contributed by atoms with Gasteiger partial charge in [-0.3, -0.25) is 4.99 Å². The van der Waals surface area contributed by atoms with Gasteiger partial charge in [-0.1, -0.05) is 37.3 Å². The van der Waals surface area contributed by atoms with E-state index in [-0.39, 0.29) is 36.3 Å². The molecular formula is C19H22FIN4. The van der Waals surface area contributed by atoms with Crippen molar-refractivity contribution >= 4 is 29.9 Å². The summed E-state index contributed by atoms with van der Waals surface area (Å²) in [6.45, 7) is 3.11. The van der Waals surface area contributed by atoms with Crippen LogP contribution in [-0.2, 0) is 6.54 Å². The number of halogens is 2. The first kappa shape index (κ1) is 20.9. The van der Waals surface area contributed by atoms with Gasteiger partial charge >= 0.3 is 0 Å². The lowest BCUT2D eigenvalue weighted by molar-refractivity contribution is 0.603. The molecule has 0 amide bonds. The highest BCUT2D eigenvalue weighted by Crippen LogP contribution is 2.13. The molecule has 0 aromatic heterocycles. The van der Waals surface area contributed by atoms with Gasteiger partial charge in [0.1, 0.15) is 5.82 Å². The summed E-state index contributed by atoms with van der Waals surface area (Å²) in [4.78, 5) is 4.15. The maximum atomic E-state index is 13.8. The van der Waals surface area contributed by atoms with Gasteiger partial charge < -0.3 is 10.6 Å². The van der Waals surface area contributed by atoms with Gasteiger partial charge in [-0.15, -0.1) is 24.0 Å². The average Bonchev–Trinajstić information content (AvgIpc) is 2.63. The number of nitrogens with one attached hydrogen (secondary N) is 2. The van der Waals surface area contributed by atoms with Crippen molar-refractivity contribution < 1.29 is 4.39 Å². The largest absolute Gasteiger partial charge is 0.356 e. The summed E-state index contributed by atoms with van der Waals surface area (Å²) in [5.41, 5.74) is 2.12. The third-order valence-corrected chi connectivity index (χ3v) is 3.79. The molecule has 0 aliphatic heterocycles. The lowest BCUT2D eigenvalue weighted by atomic mass is 10.0. The van der Waals surface area contributed by atoms with Crippen LogP contribution in [0.2, 0.25) is 0 Å². The predicted octanol–water partition coefficient (Wildman–Crippen LogP) is 3.78. The number of aliphatic imine (C=N–C) groups is 1. The van der Waals surface area contributed by atoms with Crippen molar-refractivity contribution in [3.63, 3.8) is 0 Å². The predicted molar refractivity (Wildman–Crippen MR) is 110 cm³/mol. The van der Waals surface area contributed by atoms with Crippen LogP contribution in [0.5, 0.6) is 0 Å². The van der Waals surface area contributed by atoms with Crippen LogP contribution in [0.1, 0.15) is 29.5 Å². The van der Waals surface area contributed by atoms with Gasteiger partial charge in [0.2, 0.25) is 0 Å². The third kappa shape index (κ3) is 6.35. The Bertz CT molecular complexity index is 741. The molecule has 0 fully saturated rings. The lowest BCUT2D eigenvalue weighted by Crippen LogP contribution is -2.38. The van der Waals surface area contributed by atoms with Crippen molar-refractivity contribution in [3.8, 4) is 6.07 Å². The van der Waals surface area contributed by atoms with Gasteiger partial charge in [0.25, 0.3) is 0 Å². The molecule has 0 saturated carbocycles. The van der Waals surface area contributed by atoms with Crippen LogP contribution in [0.15, 0.2) is 53.5 Å². The minimum atomic E-state index is -0.338. The summed E-state index contributed by atoms with van der Waals surface area (Å²) < 4.78 is 13.8. The molecule has 6 heteroatoms. The Kier molecular flexibility index (Phi) is 8.92. The van der Waals surface area contributed by atoms with Crippen LogP contribution in [-0.4, -0.2) is 19.6 Å². The summed E-state index contributed by atoms with van der Waals surface area (Å²) in [5, 5.41) is 15.2. The van der Waals surface area contributed by atoms with E-state index < -0.39 is 0 Å². The highest BCUT2D eigenvalue weighted by molar-refractivity contribution is 14.0. The van der Waals surface area contributed by atoms with Crippen molar-refractivity contribution in [2.45, 2.75) is 19.4 Å². The molecule has 1 atom stereocenters. The van der Waals surface area contributed by atoms with E-state index in [9.17, 15) is 4.39 Å². The molecule has 2 rings (SSSR count). The molecule has 0 bridgehead atoms. The number of benzene rings is 2. The highest BCUT2D eigenvalue weighted by atomic mass is 127. The topological polar surface area (TPSA) is 60.2 Å². The third-order valence-electron chi connectivity index (χ3n) is 3.79. The number of hydrogen-bond acceptors (Lipinski definition) is 2. The fraction of sp³-hybridized carbons (Fsp3) is 0.263. The summed E-state index contributed by atoms with van der Waals surface area (Å²) in [7, 11) is 1.67. The first-order valence-corrected chi connectivity index (χ1v) is 7.82. The summed E-state index contributed by atoms with van der Waals surface area (Å²) in [6, 6.07) is 16.5. The molecule has 0 aliphatic rings. The van der Waals surface area contributed by atoms with E-state index in [1.54, 1.807) is 13.1 Å². The molecule has 0 spiro atoms. The van der Waals surface area contributed by atoms with Crippen molar-refractivity contribution in [2.75, 3.05) is 13.6 Å². The van der Waals surface area contributed by atoms with E-state index in [2.05, 4.69) is 34.7 Å². The van der Waals surface area contributed by atoms with Crippen molar-refractivity contribution in [2.24, 2.45) is 4.99 Å². The maximum absolute atomic E-state index is 13.8. The Hall–Kier alpha value is -2.14. The minimum Gasteiger partial charge on any atom is -0.356 e. The summed E-state index contributed by atoms with van der Waals surface area (Å²) in [5.74, 6) is 0.581. The molecule has 0 saturated heterocycles. The van der Waals surface area contributed by atoms with Crippen LogP contribution >= 0.6 is 24.0 Å². The van der Waals surface area contributed by atoms with Crippen molar-refractivity contribution in [1.29, 1.82) is 5.26 Å². The van der Waals surface area contributed by atoms with E-state index in [0.717, 1.165) is 0 Å². The normalized spacial score (nSPS) is 11.8. The Balaban J connectivity index is 0.00000312. The van der Waals surface area contributed by atoms with E-state index in [4.69, 9.17) is 5.26 Å². The fourth-order valence-corrected chi connectivity index (χ4v) is 2.33. The second-order valence-corrected chi connectivity index (χ2v) is 5.54. The van der Waals surface area contributed by atoms with Gasteiger partial charge in [-0.2, -0.15) is 5.26 Å². The van der Waals surface area contributed by atoms with Crippen LogP contribution in [0.4, 0.5) is 4.39 Å². The standard InChI is InChI=1S/C19H21FN4.HI/c1-14(16-6-4-3-5-7-16)12-23-19(22-2)24-13-17-10-15(11-21)8-9-18(17)20;/h3-10,14H,12-13H2,1-2H3,(H2,22,23,24);1H. The van der Waals surface area contributed by atoms with E-state index in [1.807, 2.05) is 24.3 Å². The number of nitrogens with zero attached hydrogens (tertiary/aromatic N) is 2. The van der Waals surface area contributed by atoms with Crippen LogP contribution < -0.4 is 10.6 Å². The Morgan fingerprint density at radius 1 is 1.20 bits per heavy atom. The van der Waals surface area contributed by atoms with Gasteiger partial charge in [-0.25, -0.2) is 4.39 Å². The zero-order valence-electron chi connectivity index (χ0n) is 14.3. The minimum absolute atomic E-state index is 0. The summed E-state index contributed by atoms with van der Waals surface area (Å²) >= 11 is 0. The maximum Gasteiger partial charge on any atom is 0.191 e.